The molecule has 1 aromatic rings. The molecule has 8 nitrogen and oxygen atoms in total. The van der Waals surface area contributed by atoms with Crippen molar-refractivity contribution >= 4 is 23.7 Å². The molecule has 0 aliphatic heterocycles. The quantitative estimate of drug-likeness (QED) is 0.532. The lowest BCUT2D eigenvalue weighted by atomic mass is 10.0. The van der Waals surface area contributed by atoms with Crippen LogP contribution in [0.1, 0.15) is 31.1 Å². The number of carbonyl (C=O) groups is 4. The number of hydrogen-bond donors (Lipinski definition) is 4. The third-order valence-electron chi connectivity index (χ3n) is 3.44. The number of carboxylic acids is 1. The minimum absolute atomic E-state index is 0.255. The molecule has 0 unspecified atom stereocenters. The van der Waals surface area contributed by atoms with Gasteiger partial charge in [0.1, 0.15) is 18.6 Å². The number of hydrogen-bond acceptors (Lipinski definition) is 4. The van der Waals surface area contributed by atoms with Crippen molar-refractivity contribution in [1.82, 2.24) is 16.0 Å². The van der Waals surface area contributed by atoms with Crippen molar-refractivity contribution < 1.29 is 24.3 Å². The van der Waals surface area contributed by atoms with E-state index in [2.05, 4.69) is 16.0 Å². The zero-order valence-electron chi connectivity index (χ0n) is 14.4. The van der Waals surface area contributed by atoms with Gasteiger partial charge >= 0.3 is 5.97 Å². The summed E-state index contributed by atoms with van der Waals surface area (Å²) in [6.45, 7) is 4.41. The standard InChI is InChI=1S/C17H23N3O5/c1-10(2)14(17(25)18-9-13(21)22)20-15(23)11(3)19-16(24)12-7-5-4-6-8-12/h4-8,10-11,14H,9H2,1-3H3,(H,18,25)(H,19,24)(H,20,23)(H,21,22)/t11-,14-/m0/s1. The summed E-state index contributed by atoms with van der Waals surface area (Å²) in [6.07, 6.45) is 0. The molecule has 3 amide bonds. The maximum absolute atomic E-state index is 12.2. The van der Waals surface area contributed by atoms with Gasteiger partial charge in [0.15, 0.2) is 0 Å². The molecule has 0 aliphatic rings. The van der Waals surface area contributed by atoms with Gasteiger partial charge in [-0.15, -0.1) is 0 Å². The van der Waals surface area contributed by atoms with Crippen LogP contribution in [0.2, 0.25) is 0 Å². The summed E-state index contributed by atoms with van der Waals surface area (Å²) < 4.78 is 0. The average Bonchev–Trinajstić information content (AvgIpc) is 2.57. The largest absolute Gasteiger partial charge is 0.480 e. The Morgan fingerprint density at radius 2 is 1.56 bits per heavy atom. The molecule has 136 valence electrons. The van der Waals surface area contributed by atoms with Crippen molar-refractivity contribution in [2.24, 2.45) is 5.92 Å². The van der Waals surface area contributed by atoms with E-state index in [0.29, 0.717) is 5.56 Å². The first-order valence-electron chi connectivity index (χ1n) is 7.88. The molecule has 25 heavy (non-hydrogen) atoms. The Labute approximate surface area is 146 Å². The number of benzene rings is 1. The molecule has 0 fully saturated rings. The number of carboxylic acid groups (broad SMARTS) is 1. The number of aliphatic carboxylic acids is 1. The van der Waals surface area contributed by atoms with Crippen LogP contribution >= 0.6 is 0 Å². The fraction of sp³-hybridized carbons (Fsp3) is 0.412. The van der Waals surface area contributed by atoms with Crippen LogP contribution in [-0.2, 0) is 14.4 Å². The van der Waals surface area contributed by atoms with Gasteiger partial charge in [-0.2, -0.15) is 0 Å². The van der Waals surface area contributed by atoms with Gasteiger partial charge in [0, 0.05) is 5.56 Å². The van der Waals surface area contributed by atoms with Gasteiger partial charge in [0.2, 0.25) is 11.8 Å². The van der Waals surface area contributed by atoms with Crippen molar-refractivity contribution in [3.8, 4) is 0 Å². The molecule has 1 aromatic carbocycles. The Hall–Kier alpha value is -2.90. The summed E-state index contributed by atoms with van der Waals surface area (Å²) in [5.74, 6) is -2.96. The predicted molar refractivity (Wildman–Crippen MR) is 90.8 cm³/mol. The molecule has 0 aliphatic carbocycles. The fourth-order valence-electron chi connectivity index (χ4n) is 2.02. The Kier molecular flexibility index (Phi) is 7.58. The van der Waals surface area contributed by atoms with Crippen molar-refractivity contribution in [1.29, 1.82) is 0 Å². The van der Waals surface area contributed by atoms with Gasteiger partial charge in [0.05, 0.1) is 0 Å². The average molecular weight is 349 g/mol. The Morgan fingerprint density at radius 3 is 2.08 bits per heavy atom. The highest BCUT2D eigenvalue weighted by Crippen LogP contribution is 2.03. The summed E-state index contributed by atoms with van der Waals surface area (Å²) in [5, 5.41) is 15.9. The van der Waals surface area contributed by atoms with Crippen molar-refractivity contribution in [2.45, 2.75) is 32.9 Å². The number of rotatable bonds is 8. The second kappa shape index (κ2) is 9.41. The highest BCUT2D eigenvalue weighted by Gasteiger charge is 2.27. The third-order valence-corrected chi connectivity index (χ3v) is 3.44. The topological polar surface area (TPSA) is 125 Å². The van der Waals surface area contributed by atoms with Crippen molar-refractivity contribution in [3.63, 3.8) is 0 Å². The Bertz CT molecular complexity index is 630. The highest BCUT2D eigenvalue weighted by molar-refractivity contribution is 5.98. The molecule has 1 rings (SSSR count). The van der Waals surface area contributed by atoms with Crippen LogP contribution in [0.4, 0.5) is 0 Å². The Balaban J connectivity index is 2.65. The normalized spacial score (nSPS) is 12.8. The van der Waals surface area contributed by atoms with Crippen LogP contribution in [0.15, 0.2) is 30.3 Å². The first kappa shape index (κ1) is 20.1. The molecular formula is C17H23N3O5. The molecule has 0 saturated carbocycles. The summed E-state index contributed by atoms with van der Waals surface area (Å²) in [7, 11) is 0. The van der Waals surface area contributed by atoms with Gasteiger partial charge in [-0.05, 0) is 25.0 Å². The van der Waals surface area contributed by atoms with Crippen LogP contribution in [-0.4, -0.2) is 47.4 Å². The molecule has 0 radical (unpaired) electrons. The highest BCUT2D eigenvalue weighted by atomic mass is 16.4. The maximum Gasteiger partial charge on any atom is 0.322 e. The zero-order chi connectivity index (χ0) is 19.0. The van der Waals surface area contributed by atoms with Gasteiger partial charge in [-0.3, -0.25) is 19.2 Å². The molecular weight excluding hydrogens is 326 g/mol. The molecule has 8 heteroatoms. The van der Waals surface area contributed by atoms with Gasteiger partial charge < -0.3 is 21.1 Å². The van der Waals surface area contributed by atoms with Crippen LogP contribution in [0.3, 0.4) is 0 Å². The maximum atomic E-state index is 12.2. The SMILES string of the molecule is CC(C)[C@H](NC(=O)[C@H](C)NC(=O)c1ccccc1)C(=O)NCC(=O)O. The van der Waals surface area contributed by atoms with E-state index in [-0.39, 0.29) is 5.92 Å². The first-order valence-corrected chi connectivity index (χ1v) is 7.88. The second-order valence-corrected chi connectivity index (χ2v) is 5.90. The lowest BCUT2D eigenvalue weighted by Crippen LogP contribution is -2.55. The summed E-state index contributed by atoms with van der Waals surface area (Å²) >= 11 is 0. The summed E-state index contributed by atoms with van der Waals surface area (Å²) in [4.78, 5) is 46.8. The molecule has 4 N–H and O–H groups in total. The monoisotopic (exact) mass is 349 g/mol. The molecule has 0 aromatic heterocycles. The lowest BCUT2D eigenvalue weighted by molar-refractivity contribution is -0.138. The second-order valence-electron chi connectivity index (χ2n) is 5.90. The number of nitrogens with one attached hydrogen (secondary N) is 3. The summed E-state index contributed by atoms with van der Waals surface area (Å²) in [6, 6.07) is 6.68. The van der Waals surface area contributed by atoms with E-state index in [9.17, 15) is 19.2 Å². The van der Waals surface area contributed by atoms with E-state index in [1.807, 2.05) is 0 Å². The summed E-state index contributed by atoms with van der Waals surface area (Å²) in [5.41, 5.74) is 0.418. The van der Waals surface area contributed by atoms with Crippen LogP contribution in [0.5, 0.6) is 0 Å². The van der Waals surface area contributed by atoms with Crippen molar-refractivity contribution in [2.75, 3.05) is 6.54 Å². The smallest absolute Gasteiger partial charge is 0.322 e. The van der Waals surface area contributed by atoms with E-state index in [1.165, 1.54) is 6.92 Å². The minimum atomic E-state index is -1.18. The molecule has 0 bridgehead atoms. The van der Waals surface area contributed by atoms with E-state index in [4.69, 9.17) is 5.11 Å². The van der Waals surface area contributed by atoms with E-state index in [0.717, 1.165) is 0 Å². The van der Waals surface area contributed by atoms with E-state index in [1.54, 1.807) is 44.2 Å². The van der Waals surface area contributed by atoms with Crippen LogP contribution < -0.4 is 16.0 Å². The number of amides is 3. The minimum Gasteiger partial charge on any atom is -0.480 e. The van der Waals surface area contributed by atoms with E-state index < -0.39 is 42.3 Å². The van der Waals surface area contributed by atoms with Crippen LogP contribution in [0, 0.1) is 5.92 Å². The van der Waals surface area contributed by atoms with Crippen molar-refractivity contribution in [3.05, 3.63) is 35.9 Å². The zero-order valence-corrected chi connectivity index (χ0v) is 14.4. The molecule has 0 saturated heterocycles. The van der Waals surface area contributed by atoms with E-state index >= 15 is 0 Å². The van der Waals surface area contributed by atoms with Gasteiger partial charge in [0.25, 0.3) is 5.91 Å². The molecule has 2 atom stereocenters. The first-order chi connectivity index (χ1) is 11.7. The molecule has 0 spiro atoms. The van der Waals surface area contributed by atoms with Gasteiger partial charge in [-0.25, -0.2) is 0 Å². The fourth-order valence-corrected chi connectivity index (χ4v) is 2.02. The third kappa shape index (κ3) is 6.62. The molecule has 0 heterocycles. The number of carbonyl (C=O) groups excluding carboxylic acids is 3. The van der Waals surface area contributed by atoms with Crippen LogP contribution in [0.25, 0.3) is 0 Å². The predicted octanol–water partition coefficient (Wildman–Crippen LogP) is 0.147. The lowest BCUT2D eigenvalue weighted by Gasteiger charge is -2.23. The Morgan fingerprint density at radius 1 is 0.960 bits per heavy atom. The van der Waals surface area contributed by atoms with Gasteiger partial charge in [-0.1, -0.05) is 32.0 Å².